The van der Waals surface area contributed by atoms with Gasteiger partial charge in [0.15, 0.2) is 0 Å². The highest BCUT2D eigenvalue weighted by molar-refractivity contribution is 6.06. The van der Waals surface area contributed by atoms with Crippen LogP contribution in [0.1, 0.15) is 32.0 Å². The number of carbonyl (C=O) groups excluding carboxylic acids is 2. The van der Waals surface area contributed by atoms with Crippen molar-refractivity contribution >= 4 is 29.3 Å². The van der Waals surface area contributed by atoms with Gasteiger partial charge in [-0.1, -0.05) is 18.2 Å². The van der Waals surface area contributed by atoms with Crippen LogP contribution in [0.5, 0.6) is 0 Å². The van der Waals surface area contributed by atoms with E-state index in [1.807, 2.05) is 32.0 Å². The zero-order valence-electron chi connectivity index (χ0n) is 15.9. The number of carboxylic acid groups (broad SMARTS) is 1. The molecule has 0 radical (unpaired) electrons. The van der Waals surface area contributed by atoms with E-state index < -0.39 is 17.9 Å². The van der Waals surface area contributed by atoms with Gasteiger partial charge in [0.05, 0.1) is 5.56 Å². The van der Waals surface area contributed by atoms with Gasteiger partial charge in [0.1, 0.15) is 5.69 Å². The molecule has 0 saturated carbocycles. The first-order chi connectivity index (χ1) is 13.7. The number of hydrogen-bond donors (Lipinski definition) is 5. The van der Waals surface area contributed by atoms with E-state index in [-0.39, 0.29) is 16.8 Å². The van der Waals surface area contributed by atoms with Gasteiger partial charge in [-0.2, -0.15) is 0 Å². The molecule has 0 fully saturated rings. The lowest BCUT2D eigenvalue weighted by atomic mass is 10.0. The minimum atomic E-state index is -1.18. The zero-order chi connectivity index (χ0) is 21.1. The number of aromatic nitrogens is 1. The highest BCUT2D eigenvalue weighted by atomic mass is 16.4. The predicted molar refractivity (Wildman–Crippen MR) is 110 cm³/mol. The average Bonchev–Trinajstić information content (AvgIpc) is 3.07. The number of nitrogens with two attached hydrogens (primary N) is 1. The second kappa shape index (κ2) is 7.89. The summed E-state index contributed by atoms with van der Waals surface area (Å²) in [6, 6.07) is 11.8. The molecular formula is C21H20N4O4. The molecule has 8 heteroatoms. The van der Waals surface area contributed by atoms with Gasteiger partial charge < -0.3 is 26.5 Å². The molecule has 29 heavy (non-hydrogen) atoms. The second-order valence-electron chi connectivity index (χ2n) is 6.65. The molecular weight excluding hydrogens is 372 g/mol. The lowest BCUT2D eigenvalue weighted by Gasteiger charge is -2.10. The first-order valence-electron chi connectivity index (χ1n) is 8.76. The van der Waals surface area contributed by atoms with Crippen molar-refractivity contribution in [2.75, 3.05) is 10.6 Å². The second-order valence-corrected chi connectivity index (χ2v) is 6.65. The van der Waals surface area contributed by atoms with Crippen LogP contribution in [-0.2, 0) is 0 Å². The Morgan fingerprint density at radius 2 is 1.52 bits per heavy atom. The number of primary amides is 1. The lowest BCUT2D eigenvalue weighted by Crippen LogP contribution is -2.19. The van der Waals surface area contributed by atoms with Crippen LogP contribution >= 0.6 is 0 Å². The Balaban J connectivity index is 1.79. The van der Waals surface area contributed by atoms with Crippen LogP contribution in [0, 0.1) is 13.8 Å². The minimum absolute atomic E-state index is 0.00988. The molecule has 0 aliphatic carbocycles. The van der Waals surface area contributed by atoms with E-state index in [0.29, 0.717) is 16.9 Å². The normalized spacial score (nSPS) is 10.4. The number of benzene rings is 2. The summed E-state index contributed by atoms with van der Waals surface area (Å²) in [5, 5.41) is 14.8. The molecule has 2 aromatic carbocycles. The molecule has 0 aliphatic rings. The summed E-state index contributed by atoms with van der Waals surface area (Å²) in [7, 11) is 0. The fourth-order valence-electron chi connectivity index (χ4n) is 3.15. The van der Waals surface area contributed by atoms with Crippen LogP contribution in [0.2, 0.25) is 0 Å². The van der Waals surface area contributed by atoms with Crippen molar-refractivity contribution in [3.8, 4) is 11.1 Å². The number of nitrogens with one attached hydrogen (secondary N) is 3. The number of amides is 3. The zero-order valence-corrected chi connectivity index (χ0v) is 15.9. The Morgan fingerprint density at radius 3 is 2.07 bits per heavy atom. The van der Waals surface area contributed by atoms with E-state index in [2.05, 4.69) is 15.6 Å². The first kappa shape index (κ1) is 19.7. The van der Waals surface area contributed by atoms with Crippen molar-refractivity contribution in [3.05, 3.63) is 71.0 Å². The van der Waals surface area contributed by atoms with Gasteiger partial charge in [0.2, 0.25) is 0 Å². The van der Waals surface area contributed by atoms with Crippen LogP contribution < -0.4 is 16.4 Å². The van der Waals surface area contributed by atoms with Crippen LogP contribution in [0.4, 0.5) is 16.2 Å². The van der Waals surface area contributed by atoms with E-state index in [1.165, 1.54) is 6.20 Å². The number of aromatic amines is 1. The molecule has 3 aromatic rings. The summed E-state index contributed by atoms with van der Waals surface area (Å²) in [6.07, 6.45) is 1.22. The summed E-state index contributed by atoms with van der Waals surface area (Å²) >= 11 is 0. The summed E-state index contributed by atoms with van der Waals surface area (Å²) in [4.78, 5) is 37.9. The van der Waals surface area contributed by atoms with Crippen molar-refractivity contribution < 1.29 is 19.5 Å². The van der Waals surface area contributed by atoms with Gasteiger partial charge in [0, 0.05) is 23.1 Å². The third-order valence-electron chi connectivity index (χ3n) is 4.27. The van der Waals surface area contributed by atoms with Crippen molar-refractivity contribution in [1.29, 1.82) is 0 Å². The Morgan fingerprint density at radius 1 is 0.931 bits per heavy atom. The predicted octanol–water partition coefficient (Wildman–Crippen LogP) is 3.74. The van der Waals surface area contributed by atoms with E-state index in [0.717, 1.165) is 11.1 Å². The van der Waals surface area contributed by atoms with Gasteiger partial charge in [-0.05, 0) is 54.8 Å². The van der Waals surface area contributed by atoms with Crippen LogP contribution in [0.15, 0.2) is 48.7 Å². The maximum atomic E-state index is 12.2. The van der Waals surface area contributed by atoms with E-state index in [9.17, 15) is 19.5 Å². The monoisotopic (exact) mass is 392 g/mol. The fraction of sp³-hybridized carbons (Fsp3) is 0.0952. The lowest BCUT2D eigenvalue weighted by molar-refractivity contribution is 0.0697. The summed E-state index contributed by atoms with van der Waals surface area (Å²) in [5.41, 5.74) is 9.22. The van der Waals surface area contributed by atoms with Gasteiger partial charge >= 0.3 is 12.0 Å². The molecule has 3 amide bonds. The minimum Gasteiger partial charge on any atom is -0.478 e. The van der Waals surface area contributed by atoms with Crippen molar-refractivity contribution in [2.24, 2.45) is 5.73 Å². The quantitative estimate of drug-likeness (QED) is 0.451. The number of carbonyl (C=O) groups is 3. The number of anilines is 2. The number of aromatic carboxylic acids is 1. The molecule has 1 aromatic heterocycles. The van der Waals surface area contributed by atoms with Crippen molar-refractivity contribution in [2.45, 2.75) is 13.8 Å². The first-order valence-corrected chi connectivity index (χ1v) is 8.76. The third-order valence-corrected chi connectivity index (χ3v) is 4.27. The number of rotatable bonds is 5. The number of aryl methyl sites for hydroxylation is 2. The van der Waals surface area contributed by atoms with Crippen LogP contribution in [-0.4, -0.2) is 28.0 Å². The molecule has 0 bridgehead atoms. The summed E-state index contributed by atoms with van der Waals surface area (Å²) in [5.74, 6) is -1.94. The maximum Gasteiger partial charge on any atom is 0.337 e. The molecule has 0 unspecified atom stereocenters. The van der Waals surface area contributed by atoms with Gasteiger partial charge in [0.25, 0.3) is 5.91 Å². The Bertz CT molecular complexity index is 1050. The average molecular weight is 392 g/mol. The standard InChI is InChI=1S/C21H20N4O4/c1-11-7-12(2)9-15(8-11)25-21(29)24-14-5-3-13(4-6-14)17-16(20(27)28)10-23-18(17)19(22)26/h3-10,23H,1-2H3,(H2,22,26)(H,27,28)(H2,24,25,29). The van der Waals surface area contributed by atoms with Crippen molar-refractivity contribution in [1.82, 2.24) is 4.98 Å². The van der Waals surface area contributed by atoms with E-state index in [4.69, 9.17) is 5.73 Å². The van der Waals surface area contributed by atoms with Crippen LogP contribution in [0.25, 0.3) is 11.1 Å². The molecule has 1 heterocycles. The van der Waals surface area contributed by atoms with E-state index >= 15 is 0 Å². The Labute approximate surface area is 166 Å². The molecule has 3 rings (SSSR count). The Kier molecular flexibility index (Phi) is 5.36. The molecule has 0 aliphatic heterocycles. The van der Waals surface area contributed by atoms with Gasteiger partial charge in [-0.15, -0.1) is 0 Å². The topological polar surface area (TPSA) is 137 Å². The van der Waals surface area contributed by atoms with Gasteiger partial charge in [-0.3, -0.25) is 4.79 Å². The number of urea groups is 1. The molecule has 0 spiro atoms. The van der Waals surface area contributed by atoms with Gasteiger partial charge in [-0.25, -0.2) is 9.59 Å². The number of H-pyrrole nitrogens is 1. The number of carboxylic acids is 1. The number of hydrogen-bond acceptors (Lipinski definition) is 3. The van der Waals surface area contributed by atoms with Crippen LogP contribution in [0.3, 0.4) is 0 Å². The highest BCUT2D eigenvalue weighted by Gasteiger charge is 2.21. The highest BCUT2D eigenvalue weighted by Crippen LogP contribution is 2.29. The largest absolute Gasteiger partial charge is 0.478 e. The molecule has 8 nitrogen and oxygen atoms in total. The third kappa shape index (κ3) is 4.44. The van der Waals surface area contributed by atoms with Crippen molar-refractivity contribution in [3.63, 3.8) is 0 Å². The SMILES string of the molecule is Cc1cc(C)cc(NC(=O)Nc2ccc(-c3c(C(=O)O)c[nH]c3C(N)=O)cc2)c1. The maximum absolute atomic E-state index is 12.2. The molecule has 148 valence electrons. The fourth-order valence-corrected chi connectivity index (χ4v) is 3.15. The molecule has 0 saturated heterocycles. The van der Waals surface area contributed by atoms with E-state index in [1.54, 1.807) is 24.3 Å². The summed E-state index contributed by atoms with van der Waals surface area (Å²) < 4.78 is 0. The molecule has 6 N–H and O–H groups in total. The molecule has 0 atom stereocenters. The summed E-state index contributed by atoms with van der Waals surface area (Å²) in [6.45, 7) is 3.89. The smallest absolute Gasteiger partial charge is 0.337 e. The Hall–Kier alpha value is -4.07.